The van der Waals surface area contributed by atoms with E-state index in [9.17, 15) is 4.79 Å². The van der Waals surface area contributed by atoms with Crippen molar-refractivity contribution in [2.75, 3.05) is 19.8 Å². The molecule has 0 radical (unpaired) electrons. The zero-order valence-corrected chi connectivity index (χ0v) is 14.7. The summed E-state index contributed by atoms with van der Waals surface area (Å²) in [5.74, 6) is 0.958. The van der Waals surface area contributed by atoms with Crippen molar-refractivity contribution in [1.29, 1.82) is 0 Å². The van der Waals surface area contributed by atoms with Crippen molar-refractivity contribution in [3.8, 4) is 0 Å². The molecule has 6 nitrogen and oxygen atoms in total. The average Bonchev–Trinajstić information content (AvgIpc) is 3.09. The van der Waals surface area contributed by atoms with E-state index in [0.717, 1.165) is 23.7 Å². The standard InChI is InChI=1S/C17H22N4O2S/c1-2-23-10-14-8-20(17(22)13-5-6-24-11-13)9-15-16(14)21(19-18-15)7-12-3-4-12/h5-6,11-12,14H,2-4,7-10H2,1H3/t14-/m1/s1. The van der Waals surface area contributed by atoms with E-state index in [4.69, 9.17) is 4.74 Å². The third-order valence-electron chi connectivity index (χ3n) is 4.72. The van der Waals surface area contributed by atoms with Gasteiger partial charge in [0.25, 0.3) is 5.91 Å². The lowest BCUT2D eigenvalue weighted by molar-refractivity contribution is 0.0644. The van der Waals surface area contributed by atoms with Crippen LogP contribution in [0.2, 0.25) is 0 Å². The Bertz CT molecular complexity index is 708. The fourth-order valence-electron chi connectivity index (χ4n) is 3.31. The first-order chi connectivity index (χ1) is 11.8. The first-order valence-corrected chi connectivity index (χ1v) is 9.52. The molecule has 1 aliphatic heterocycles. The van der Waals surface area contributed by atoms with Crippen molar-refractivity contribution < 1.29 is 9.53 Å². The molecule has 0 unspecified atom stereocenters. The number of fused-ring (bicyclic) bond motifs is 1. The van der Waals surface area contributed by atoms with Crippen LogP contribution in [0.1, 0.15) is 47.4 Å². The van der Waals surface area contributed by atoms with Gasteiger partial charge in [0.15, 0.2) is 0 Å². The summed E-state index contributed by atoms with van der Waals surface area (Å²) in [6, 6.07) is 1.88. The normalized spacial score (nSPS) is 20.2. The summed E-state index contributed by atoms with van der Waals surface area (Å²) in [5, 5.41) is 12.6. The number of nitrogens with zero attached hydrogens (tertiary/aromatic N) is 4. The lowest BCUT2D eigenvalue weighted by atomic mass is 9.98. The maximum atomic E-state index is 12.7. The molecule has 4 rings (SSSR count). The number of hydrogen-bond acceptors (Lipinski definition) is 5. The number of thiophene rings is 1. The number of aromatic nitrogens is 3. The summed E-state index contributed by atoms with van der Waals surface area (Å²) < 4.78 is 7.75. The van der Waals surface area contributed by atoms with Crippen molar-refractivity contribution >= 4 is 17.2 Å². The molecular weight excluding hydrogens is 324 g/mol. The van der Waals surface area contributed by atoms with Gasteiger partial charge in [0.05, 0.1) is 24.4 Å². The fourth-order valence-corrected chi connectivity index (χ4v) is 3.94. The predicted molar refractivity (Wildman–Crippen MR) is 91.0 cm³/mol. The van der Waals surface area contributed by atoms with E-state index < -0.39 is 0 Å². The molecule has 128 valence electrons. The molecule has 1 amide bonds. The second kappa shape index (κ2) is 6.64. The van der Waals surface area contributed by atoms with Crippen LogP contribution < -0.4 is 0 Å². The zero-order chi connectivity index (χ0) is 16.5. The molecular formula is C17H22N4O2S. The highest BCUT2D eigenvalue weighted by atomic mass is 32.1. The van der Waals surface area contributed by atoms with Gasteiger partial charge in [-0.2, -0.15) is 11.3 Å². The lowest BCUT2D eigenvalue weighted by Crippen LogP contribution is -2.40. The van der Waals surface area contributed by atoms with Crippen LogP contribution in [-0.4, -0.2) is 45.6 Å². The van der Waals surface area contributed by atoms with E-state index in [2.05, 4.69) is 15.0 Å². The van der Waals surface area contributed by atoms with Crippen molar-refractivity contribution in [3.63, 3.8) is 0 Å². The monoisotopic (exact) mass is 346 g/mol. The van der Waals surface area contributed by atoms with E-state index >= 15 is 0 Å². The third kappa shape index (κ3) is 3.10. The van der Waals surface area contributed by atoms with Gasteiger partial charge in [-0.1, -0.05) is 5.21 Å². The second-order valence-electron chi connectivity index (χ2n) is 6.60. The van der Waals surface area contributed by atoms with E-state index in [1.165, 1.54) is 18.5 Å². The minimum absolute atomic E-state index is 0.0696. The maximum Gasteiger partial charge on any atom is 0.255 e. The Morgan fingerprint density at radius 2 is 2.33 bits per heavy atom. The molecule has 1 saturated carbocycles. The van der Waals surface area contributed by atoms with Gasteiger partial charge >= 0.3 is 0 Å². The van der Waals surface area contributed by atoms with Gasteiger partial charge in [-0.05, 0) is 37.1 Å². The molecule has 1 fully saturated rings. The highest BCUT2D eigenvalue weighted by Crippen LogP contribution is 2.34. The van der Waals surface area contributed by atoms with Gasteiger partial charge in [0, 0.05) is 31.0 Å². The number of carbonyl (C=O) groups excluding carboxylic acids is 1. The van der Waals surface area contributed by atoms with Gasteiger partial charge in [-0.3, -0.25) is 4.79 Å². The van der Waals surface area contributed by atoms with Gasteiger partial charge in [0.2, 0.25) is 0 Å². The first kappa shape index (κ1) is 15.8. The summed E-state index contributed by atoms with van der Waals surface area (Å²) in [4.78, 5) is 14.6. The molecule has 2 aromatic rings. The molecule has 0 bridgehead atoms. The molecule has 1 atom stereocenters. The zero-order valence-electron chi connectivity index (χ0n) is 13.9. The van der Waals surface area contributed by atoms with Gasteiger partial charge < -0.3 is 9.64 Å². The topological polar surface area (TPSA) is 60.2 Å². The van der Waals surface area contributed by atoms with Crippen LogP contribution in [0.3, 0.4) is 0 Å². The Labute approximate surface area is 145 Å². The van der Waals surface area contributed by atoms with Crippen molar-refractivity contribution in [1.82, 2.24) is 19.9 Å². The van der Waals surface area contributed by atoms with Crippen LogP contribution in [0.5, 0.6) is 0 Å². The minimum atomic E-state index is 0.0696. The van der Waals surface area contributed by atoms with Crippen molar-refractivity contribution in [3.05, 3.63) is 33.8 Å². The first-order valence-electron chi connectivity index (χ1n) is 8.57. The number of carbonyl (C=O) groups is 1. The Morgan fingerprint density at radius 3 is 3.04 bits per heavy atom. The van der Waals surface area contributed by atoms with Crippen LogP contribution in [0, 0.1) is 5.92 Å². The Balaban J connectivity index is 1.59. The number of rotatable bonds is 6. The van der Waals surface area contributed by atoms with Crippen LogP contribution in [0.25, 0.3) is 0 Å². The molecule has 7 heteroatoms. The molecule has 24 heavy (non-hydrogen) atoms. The Hall–Kier alpha value is -1.73. The Kier molecular flexibility index (Phi) is 4.37. The highest BCUT2D eigenvalue weighted by molar-refractivity contribution is 7.08. The second-order valence-corrected chi connectivity index (χ2v) is 7.38. The Morgan fingerprint density at radius 1 is 1.46 bits per heavy atom. The molecule has 1 aliphatic carbocycles. The van der Waals surface area contributed by atoms with E-state index in [-0.39, 0.29) is 11.8 Å². The molecule has 0 spiro atoms. The smallest absolute Gasteiger partial charge is 0.255 e. The maximum absolute atomic E-state index is 12.7. The van der Waals surface area contributed by atoms with Crippen molar-refractivity contribution in [2.45, 2.75) is 38.8 Å². The molecule has 3 heterocycles. The summed E-state index contributed by atoms with van der Waals surface area (Å²) in [5.41, 5.74) is 2.85. The quantitative estimate of drug-likeness (QED) is 0.806. The van der Waals surface area contributed by atoms with Crippen LogP contribution in [0.4, 0.5) is 0 Å². The van der Waals surface area contributed by atoms with E-state index in [1.54, 1.807) is 11.3 Å². The van der Waals surface area contributed by atoms with Crippen LogP contribution >= 0.6 is 11.3 Å². The van der Waals surface area contributed by atoms with Gasteiger partial charge in [-0.15, -0.1) is 5.10 Å². The number of hydrogen-bond donors (Lipinski definition) is 0. The summed E-state index contributed by atoms with van der Waals surface area (Å²) in [6.07, 6.45) is 2.57. The molecule has 0 N–H and O–H groups in total. The molecule has 2 aromatic heterocycles. The molecule has 0 aromatic carbocycles. The average molecular weight is 346 g/mol. The largest absolute Gasteiger partial charge is 0.381 e. The summed E-state index contributed by atoms with van der Waals surface area (Å²) >= 11 is 1.55. The van der Waals surface area contributed by atoms with Crippen LogP contribution in [0.15, 0.2) is 16.8 Å². The number of ether oxygens (including phenoxy) is 1. The summed E-state index contributed by atoms with van der Waals surface area (Å²) in [6.45, 7) is 5.43. The molecule has 2 aliphatic rings. The number of amides is 1. The van der Waals surface area contributed by atoms with Crippen molar-refractivity contribution in [2.24, 2.45) is 5.92 Å². The highest BCUT2D eigenvalue weighted by Gasteiger charge is 2.35. The van der Waals surface area contributed by atoms with Crippen LogP contribution in [-0.2, 0) is 17.8 Å². The van der Waals surface area contributed by atoms with Gasteiger partial charge in [0.1, 0.15) is 5.69 Å². The summed E-state index contributed by atoms with van der Waals surface area (Å²) in [7, 11) is 0. The third-order valence-corrected chi connectivity index (χ3v) is 5.41. The van der Waals surface area contributed by atoms with E-state index in [0.29, 0.717) is 26.3 Å². The molecule has 0 saturated heterocycles. The minimum Gasteiger partial charge on any atom is -0.381 e. The predicted octanol–water partition coefficient (Wildman–Crippen LogP) is 2.53. The van der Waals surface area contributed by atoms with Gasteiger partial charge in [-0.25, -0.2) is 4.68 Å². The lowest BCUT2D eigenvalue weighted by Gasteiger charge is -2.32. The fraction of sp³-hybridized carbons (Fsp3) is 0.588. The van der Waals surface area contributed by atoms with E-state index in [1.807, 2.05) is 28.7 Å². The SMILES string of the molecule is CCOC[C@H]1CN(C(=O)c2ccsc2)Cc2nnn(CC3CC3)c21.